The number of rotatable bonds is 9. The molecule has 1 nitrogen and oxygen atoms in total. The van der Waals surface area contributed by atoms with Crippen LogP contribution in [0.25, 0.3) is 27.8 Å². The maximum Gasteiger partial charge on any atom is 0.0442 e. The summed E-state index contributed by atoms with van der Waals surface area (Å²) < 4.78 is 0. The third-order valence-electron chi connectivity index (χ3n) is 8.27. The van der Waals surface area contributed by atoms with E-state index in [-0.39, 0.29) is 0 Å². The molecule has 0 N–H and O–H groups in total. The van der Waals surface area contributed by atoms with Crippen molar-refractivity contribution in [1.29, 1.82) is 0 Å². The minimum Gasteiger partial charge on any atom is -0.292 e. The zero-order valence-electron chi connectivity index (χ0n) is 25.4. The van der Waals surface area contributed by atoms with Crippen LogP contribution in [0.1, 0.15) is 57.2 Å². The maximum atomic E-state index is 4.57. The summed E-state index contributed by atoms with van der Waals surface area (Å²) in [6.45, 7) is 15.2. The lowest BCUT2D eigenvalue weighted by atomic mass is 9.86. The monoisotopic (exact) mass is 535 g/mol. The normalized spacial score (nSPS) is 13.1. The standard InChI is InChI=1S/C40H41N/c1-8-14-28(15-9-2)32(10-3)33-18-12-19-34(27(33)6)35-20-13-21-36-38-25-30(22-23-37(38)39(35)36)29-16-11-17-31(24-29)40(41-7)26(4)5/h8,10-14,16-26H,3,9,15H2,1-2,4-7H3/b14-8-,32-28-,41-40?. The number of hydrogen-bond donors (Lipinski definition) is 0. The molecule has 0 fully saturated rings. The third kappa shape index (κ3) is 5.18. The van der Waals surface area contributed by atoms with E-state index in [1.165, 1.54) is 71.0 Å². The molecular weight excluding hydrogens is 494 g/mol. The van der Waals surface area contributed by atoms with Gasteiger partial charge in [-0.05, 0) is 109 Å². The molecule has 0 aliphatic heterocycles. The SMILES string of the molecule is C=C/C(=C(\C=C/C)CCC)c1cccc(-c2cccc3c2=c2ccc(-c4cccc(C(=NC)C(C)C)c4)cc2=3)c1C. The molecule has 1 aliphatic rings. The topological polar surface area (TPSA) is 12.4 Å². The molecule has 5 rings (SSSR count). The number of fused-ring (bicyclic) bond motifs is 2. The summed E-state index contributed by atoms with van der Waals surface area (Å²) in [7, 11) is 1.89. The Morgan fingerprint density at radius 3 is 2.29 bits per heavy atom. The van der Waals surface area contributed by atoms with E-state index < -0.39 is 0 Å². The Kier molecular flexibility index (Phi) is 8.36. The molecular formula is C40H41N. The molecule has 206 valence electrons. The van der Waals surface area contributed by atoms with E-state index in [1.54, 1.807) is 0 Å². The zero-order chi connectivity index (χ0) is 29.1. The predicted molar refractivity (Wildman–Crippen MR) is 178 cm³/mol. The van der Waals surface area contributed by atoms with Gasteiger partial charge in [-0.1, -0.05) is 119 Å². The van der Waals surface area contributed by atoms with E-state index in [0.717, 1.165) is 18.6 Å². The van der Waals surface area contributed by atoms with Crippen LogP contribution in [0.3, 0.4) is 0 Å². The predicted octanol–water partition coefficient (Wildman–Crippen LogP) is 10.6. The average molecular weight is 536 g/mol. The van der Waals surface area contributed by atoms with E-state index >= 15 is 0 Å². The fraction of sp³-hybridized carbons (Fsp3) is 0.225. The van der Waals surface area contributed by atoms with E-state index in [9.17, 15) is 0 Å². The van der Waals surface area contributed by atoms with Gasteiger partial charge in [-0.2, -0.15) is 0 Å². The van der Waals surface area contributed by atoms with Crippen molar-refractivity contribution in [2.24, 2.45) is 10.9 Å². The third-order valence-corrected chi connectivity index (χ3v) is 8.27. The van der Waals surface area contributed by atoms with Crippen LogP contribution in [-0.4, -0.2) is 12.8 Å². The van der Waals surface area contributed by atoms with Gasteiger partial charge in [-0.3, -0.25) is 4.99 Å². The van der Waals surface area contributed by atoms with Crippen LogP contribution >= 0.6 is 0 Å². The molecule has 0 saturated heterocycles. The Balaban J connectivity index is 1.64. The Morgan fingerprint density at radius 1 is 0.854 bits per heavy atom. The summed E-state index contributed by atoms with van der Waals surface area (Å²) in [5, 5.41) is 5.35. The average Bonchev–Trinajstić information content (AvgIpc) is 2.97. The fourth-order valence-corrected chi connectivity index (χ4v) is 6.38. The second-order valence-corrected chi connectivity index (χ2v) is 11.2. The Bertz CT molecular complexity index is 1910. The second-order valence-electron chi connectivity index (χ2n) is 11.2. The number of benzene rings is 4. The van der Waals surface area contributed by atoms with E-state index in [4.69, 9.17) is 0 Å². The minimum atomic E-state index is 0.388. The van der Waals surface area contributed by atoms with Crippen molar-refractivity contribution in [3.63, 3.8) is 0 Å². The molecule has 0 amide bonds. The van der Waals surface area contributed by atoms with Crippen molar-refractivity contribution in [1.82, 2.24) is 0 Å². The molecule has 0 heterocycles. The van der Waals surface area contributed by atoms with E-state index in [1.807, 2.05) is 13.1 Å². The van der Waals surface area contributed by atoms with Gasteiger partial charge < -0.3 is 0 Å². The molecule has 41 heavy (non-hydrogen) atoms. The van der Waals surface area contributed by atoms with Crippen LogP contribution in [0.4, 0.5) is 0 Å². The molecule has 0 spiro atoms. The summed E-state index contributed by atoms with van der Waals surface area (Å²) >= 11 is 0. The smallest absolute Gasteiger partial charge is 0.0442 e. The highest BCUT2D eigenvalue weighted by Gasteiger charge is 2.15. The van der Waals surface area contributed by atoms with Gasteiger partial charge in [0, 0.05) is 12.8 Å². The molecule has 4 aromatic rings. The minimum absolute atomic E-state index is 0.388. The first-order chi connectivity index (χ1) is 19.9. The van der Waals surface area contributed by atoms with Crippen molar-refractivity contribution in [3.05, 3.63) is 147 Å². The maximum absolute atomic E-state index is 4.57. The number of aliphatic imine (C=N–C) groups is 1. The van der Waals surface area contributed by atoms with Gasteiger partial charge in [0.25, 0.3) is 0 Å². The molecule has 0 aromatic heterocycles. The Morgan fingerprint density at radius 2 is 1.59 bits per heavy atom. The van der Waals surface area contributed by atoms with Gasteiger partial charge in [-0.25, -0.2) is 0 Å². The van der Waals surface area contributed by atoms with E-state index in [0.29, 0.717) is 5.92 Å². The van der Waals surface area contributed by atoms with Crippen LogP contribution in [-0.2, 0) is 0 Å². The first-order valence-corrected chi connectivity index (χ1v) is 14.9. The number of hydrogen-bond acceptors (Lipinski definition) is 1. The second kappa shape index (κ2) is 12.1. The zero-order valence-corrected chi connectivity index (χ0v) is 25.4. The van der Waals surface area contributed by atoms with Crippen LogP contribution in [0.2, 0.25) is 0 Å². The Hall–Kier alpha value is -4.23. The van der Waals surface area contributed by atoms with Crippen molar-refractivity contribution >= 4 is 11.3 Å². The molecule has 0 bridgehead atoms. The summed E-state index contributed by atoms with van der Waals surface area (Å²) in [5.74, 6) is 0.388. The first-order valence-electron chi connectivity index (χ1n) is 14.9. The molecule has 0 unspecified atom stereocenters. The largest absolute Gasteiger partial charge is 0.292 e. The molecule has 1 aliphatic carbocycles. The lowest BCUT2D eigenvalue weighted by Crippen LogP contribution is -2.09. The molecule has 0 radical (unpaired) electrons. The van der Waals surface area contributed by atoms with Gasteiger partial charge in [0.1, 0.15) is 0 Å². The van der Waals surface area contributed by atoms with Crippen LogP contribution in [0.5, 0.6) is 0 Å². The van der Waals surface area contributed by atoms with Gasteiger partial charge in [-0.15, -0.1) is 0 Å². The van der Waals surface area contributed by atoms with Gasteiger partial charge in [0.15, 0.2) is 0 Å². The quantitative estimate of drug-likeness (QED) is 0.131. The van der Waals surface area contributed by atoms with Crippen LogP contribution in [0, 0.1) is 33.7 Å². The highest BCUT2D eigenvalue weighted by atomic mass is 14.7. The van der Waals surface area contributed by atoms with Crippen molar-refractivity contribution in [2.45, 2.75) is 47.5 Å². The summed E-state index contributed by atoms with van der Waals surface area (Å²) in [6.07, 6.45) is 8.55. The van der Waals surface area contributed by atoms with Gasteiger partial charge in [0.2, 0.25) is 0 Å². The summed E-state index contributed by atoms with van der Waals surface area (Å²) in [5.41, 5.74) is 12.6. The van der Waals surface area contributed by atoms with Gasteiger partial charge >= 0.3 is 0 Å². The van der Waals surface area contributed by atoms with Crippen molar-refractivity contribution < 1.29 is 0 Å². The Labute approximate surface area is 245 Å². The van der Waals surface area contributed by atoms with Crippen LogP contribution in [0.15, 0.2) is 114 Å². The lowest BCUT2D eigenvalue weighted by Gasteiger charge is -2.18. The van der Waals surface area contributed by atoms with Crippen molar-refractivity contribution in [2.75, 3.05) is 7.05 Å². The lowest BCUT2D eigenvalue weighted by molar-refractivity contribution is 0.882. The summed E-state index contributed by atoms with van der Waals surface area (Å²) in [4.78, 5) is 4.57. The van der Waals surface area contributed by atoms with Crippen molar-refractivity contribution in [3.8, 4) is 22.3 Å². The summed E-state index contributed by atoms with van der Waals surface area (Å²) in [6, 6.07) is 29.2. The van der Waals surface area contributed by atoms with Crippen LogP contribution < -0.4 is 0 Å². The molecule has 0 saturated carbocycles. The number of nitrogens with zero attached hydrogens (tertiary/aromatic N) is 1. The van der Waals surface area contributed by atoms with Gasteiger partial charge in [0.05, 0.1) is 0 Å². The molecule has 0 atom stereocenters. The highest BCUT2D eigenvalue weighted by molar-refractivity contribution is 6.02. The van der Waals surface area contributed by atoms with E-state index in [2.05, 4.69) is 137 Å². The number of allylic oxidation sites excluding steroid dienone is 5. The highest BCUT2D eigenvalue weighted by Crippen LogP contribution is 2.35. The molecule has 1 heteroatoms. The first kappa shape index (κ1) is 28.3. The molecule has 4 aromatic carbocycles. The fourth-order valence-electron chi connectivity index (χ4n) is 6.38.